The molecule has 1 amide bonds. The second kappa shape index (κ2) is 8.63. The summed E-state index contributed by atoms with van der Waals surface area (Å²) in [5.74, 6) is -0.00340. The highest BCUT2D eigenvalue weighted by molar-refractivity contribution is 5.97. The monoisotopic (exact) mass is 387 g/mol. The van der Waals surface area contributed by atoms with E-state index >= 15 is 0 Å². The number of carbonyl (C=O) groups excluding carboxylic acids is 1. The Hall–Kier alpha value is -3.57. The number of tetrazole rings is 1. The van der Waals surface area contributed by atoms with Crippen molar-refractivity contribution < 1.29 is 4.79 Å². The predicted octanol–water partition coefficient (Wildman–Crippen LogP) is 1.88. The molecule has 3 aromatic rings. The van der Waals surface area contributed by atoms with Crippen molar-refractivity contribution in [3.05, 3.63) is 71.5 Å². The van der Waals surface area contributed by atoms with E-state index in [-0.39, 0.29) is 5.91 Å². The first-order chi connectivity index (χ1) is 14.2. The number of para-hydroxylation sites is 1. The van der Waals surface area contributed by atoms with E-state index in [9.17, 15) is 4.79 Å². The van der Waals surface area contributed by atoms with E-state index in [0.717, 1.165) is 26.1 Å². The Bertz CT molecular complexity index is 1010. The molecule has 146 valence electrons. The third kappa shape index (κ3) is 4.31. The van der Waals surface area contributed by atoms with Crippen molar-refractivity contribution in [2.45, 2.75) is 13.0 Å². The van der Waals surface area contributed by atoms with Crippen molar-refractivity contribution in [3.8, 4) is 11.8 Å². The summed E-state index contributed by atoms with van der Waals surface area (Å²) < 4.78 is 1.52. The zero-order valence-corrected chi connectivity index (χ0v) is 16.0. The van der Waals surface area contributed by atoms with Crippen molar-refractivity contribution in [1.82, 2.24) is 30.0 Å². The zero-order valence-electron chi connectivity index (χ0n) is 16.0. The van der Waals surface area contributed by atoms with Gasteiger partial charge in [-0.05, 0) is 46.7 Å². The van der Waals surface area contributed by atoms with Crippen LogP contribution in [0.3, 0.4) is 0 Å². The Morgan fingerprint density at radius 1 is 1.03 bits per heavy atom. The van der Waals surface area contributed by atoms with Gasteiger partial charge < -0.3 is 4.90 Å². The van der Waals surface area contributed by atoms with Crippen molar-refractivity contribution in [2.24, 2.45) is 0 Å². The normalized spacial score (nSPS) is 14.9. The molecule has 2 heterocycles. The molecule has 1 aromatic heterocycles. The molecule has 2 aromatic carbocycles. The second-order valence-electron chi connectivity index (χ2n) is 7.00. The van der Waals surface area contributed by atoms with Crippen LogP contribution in [0.25, 0.3) is 5.69 Å². The number of rotatable bonds is 4. The quantitative estimate of drug-likeness (QED) is 0.679. The third-order valence-corrected chi connectivity index (χ3v) is 5.10. The summed E-state index contributed by atoms with van der Waals surface area (Å²) in [7, 11) is 0. The van der Waals surface area contributed by atoms with E-state index in [2.05, 4.69) is 26.5 Å². The molecule has 8 nitrogen and oxygen atoms in total. The molecule has 0 bridgehead atoms. The number of hydrogen-bond acceptors (Lipinski definition) is 6. The minimum atomic E-state index is -0.00340. The molecule has 0 saturated carbocycles. The van der Waals surface area contributed by atoms with Gasteiger partial charge in [-0.1, -0.05) is 24.3 Å². The Labute approximate surface area is 169 Å². The molecule has 0 N–H and O–H groups in total. The minimum absolute atomic E-state index is 0.00340. The van der Waals surface area contributed by atoms with Gasteiger partial charge in [0.15, 0.2) is 0 Å². The van der Waals surface area contributed by atoms with E-state index in [1.165, 1.54) is 16.6 Å². The van der Waals surface area contributed by atoms with Gasteiger partial charge in [0.05, 0.1) is 22.9 Å². The lowest BCUT2D eigenvalue weighted by atomic mass is 10.1. The number of nitriles is 1. The van der Waals surface area contributed by atoms with Gasteiger partial charge in [-0.15, -0.1) is 5.10 Å². The van der Waals surface area contributed by atoms with Gasteiger partial charge in [-0.2, -0.15) is 9.94 Å². The zero-order chi connectivity index (χ0) is 20.1. The van der Waals surface area contributed by atoms with E-state index < -0.39 is 0 Å². The molecule has 29 heavy (non-hydrogen) atoms. The fourth-order valence-corrected chi connectivity index (χ4v) is 3.57. The highest BCUT2D eigenvalue weighted by Gasteiger charge is 2.23. The smallest absolute Gasteiger partial charge is 0.256 e. The second-order valence-corrected chi connectivity index (χ2v) is 7.00. The SMILES string of the molecule is N#Cc1ccc(CN2CCCN(C(=O)c3ccccc3-n3cnnn3)CC2)cc1. The van der Waals surface area contributed by atoms with Crippen molar-refractivity contribution >= 4 is 5.91 Å². The van der Waals surface area contributed by atoms with Crippen molar-refractivity contribution in [3.63, 3.8) is 0 Å². The summed E-state index contributed by atoms with van der Waals surface area (Å²) in [5.41, 5.74) is 3.12. The van der Waals surface area contributed by atoms with Crippen LogP contribution in [0.2, 0.25) is 0 Å². The Morgan fingerprint density at radius 2 is 1.86 bits per heavy atom. The lowest BCUT2D eigenvalue weighted by Crippen LogP contribution is -2.35. The average Bonchev–Trinajstić information content (AvgIpc) is 3.21. The summed E-state index contributed by atoms with van der Waals surface area (Å²) in [6.45, 7) is 3.93. The Morgan fingerprint density at radius 3 is 2.62 bits per heavy atom. The van der Waals surface area contributed by atoms with Gasteiger partial charge in [0.1, 0.15) is 6.33 Å². The molecular formula is C21H21N7O. The largest absolute Gasteiger partial charge is 0.337 e. The number of amides is 1. The van der Waals surface area contributed by atoms with Crippen molar-refractivity contribution in [1.29, 1.82) is 5.26 Å². The predicted molar refractivity (Wildman–Crippen MR) is 106 cm³/mol. The highest BCUT2D eigenvalue weighted by atomic mass is 16.2. The van der Waals surface area contributed by atoms with Crippen LogP contribution in [0, 0.1) is 11.3 Å². The standard InChI is InChI=1S/C21H21N7O/c22-14-17-6-8-18(9-7-17)15-26-10-3-11-27(13-12-26)21(29)19-4-1-2-5-20(19)28-16-23-24-25-28/h1-2,4-9,16H,3,10-13,15H2. The van der Waals surface area contributed by atoms with Gasteiger partial charge >= 0.3 is 0 Å². The Kier molecular flexibility index (Phi) is 5.59. The molecule has 0 aliphatic carbocycles. The minimum Gasteiger partial charge on any atom is -0.337 e. The summed E-state index contributed by atoms with van der Waals surface area (Å²) in [6.07, 6.45) is 2.41. The summed E-state index contributed by atoms with van der Waals surface area (Å²) in [4.78, 5) is 17.5. The molecule has 1 aliphatic heterocycles. The first-order valence-electron chi connectivity index (χ1n) is 9.57. The molecule has 0 unspecified atom stereocenters. The van der Waals surface area contributed by atoms with Crippen LogP contribution in [-0.2, 0) is 6.54 Å². The highest BCUT2D eigenvalue weighted by Crippen LogP contribution is 2.17. The number of aromatic nitrogens is 4. The lowest BCUT2D eigenvalue weighted by Gasteiger charge is -2.23. The maximum Gasteiger partial charge on any atom is 0.256 e. The summed E-state index contributed by atoms with van der Waals surface area (Å²) in [6, 6.07) is 17.2. The van der Waals surface area contributed by atoms with Gasteiger partial charge in [-0.25, -0.2) is 0 Å². The summed E-state index contributed by atoms with van der Waals surface area (Å²) in [5, 5.41) is 20.2. The van der Waals surface area contributed by atoms with Crippen LogP contribution in [0.4, 0.5) is 0 Å². The molecule has 1 fully saturated rings. The molecule has 8 heteroatoms. The fraction of sp³-hybridized carbons (Fsp3) is 0.286. The maximum absolute atomic E-state index is 13.2. The van der Waals surface area contributed by atoms with Crippen LogP contribution in [0.5, 0.6) is 0 Å². The number of benzene rings is 2. The Balaban J connectivity index is 1.43. The van der Waals surface area contributed by atoms with E-state index in [4.69, 9.17) is 5.26 Å². The third-order valence-electron chi connectivity index (χ3n) is 5.10. The first kappa shape index (κ1) is 18.8. The van der Waals surface area contributed by atoms with E-state index in [1.807, 2.05) is 53.4 Å². The van der Waals surface area contributed by atoms with Gasteiger partial charge in [0, 0.05) is 32.7 Å². The number of nitrogens with zero attached hydrogens (tertiary/aromatic N) is 7. The maximum atomic E-state index is 13.2. The lowest BCUT2D eigenvalue weighted by molar-refractivity contribution is 0.0761. The average molecular weight is 387 g/mol. The topological polar surface area (TPSA) is 90.9 Å². The summed E-state index contributed by atoms with van der Waals surface area (Å²) >= 11 is 0. The number of hydrogen-bond donors (Lipinski definition) is 0. The van der Waals surface area contributed by atoms with E-state index in [0.29, 0.717) is 29.9 Å². The van der Waals surface area contributed by atoms with Crippen molar-refractivity contribution in [2.75, 3.05) is 26.2 Å². The molecule has 1 aliphatic rings. The molecule has 0 spiro atoms. The molecule has 1 saturated heterocycles. The van der Waals surface area contributed by atoms with Crippen LogP contribution in [0.15, 0.2) is 54.9 Å². The molecular weight excluding hydrogens is 366 g/mol. The number of carbonyl (C=O) groups is 1. The van der Waals surface area contributed by atoms with Crippen LogP contribution in [-0.4, -0.2) is 62.1 Å². The van der Waals surface area contributed by atoms with Gasteiger partial charge in [-0.3, -0.25) is 9.69 Å². The fourth-order valence-electron chi connectivity index (χ4n) is 3.57. The van der Waals surface area contributed by atoms with Crippen LogP contribution in [0.1, 0.15) is 27.9 Å². The molecule has 4 rings (SSSR count). The molecule has 0 atom stereocenters. The van der Waals surface area contributed by atoms with Gasteiger partial charge in [0.2, 0.25) is 0 Å². The van der Waals surface area contributed by atoms with Crippen LogP contribution < -0.4 is 0 Å². The van der Waals surface area contributed by atoms with Crippen LogP contribution >= 0.6 is 0 Å². The van der Waals surface area contributed by atoms with Gasteiger partial charge in [0.25, 0.3) is 5.91 Å². The molecule has 0 radical (unpaired) electrons. The van der Waals surface area contributed by atoms with E-state index in [1.54, 1.807) is 0 Å². The first-order valence-corrected chi connectivity index (χ1v) is 9.57.